The molecule has 0 saturated carbocycles. The minimum Gasteiger partial charge on any atom is -0.338 e. The van der Waals surface area contributed by atoms with Crippen molar-refractivity contribution in [2.24, 2.45) is 0 Å². The van der Waals surface area contributed by atoms with Crippen LogP contribution in [0.3, 0.4) is 0 Å². The Morgan fingerprint density at radius 1 is 1.16 bits per heavy atom. The van der Waals surface area contributed by atoms with Crippen LogP contribution in [0.5, 0.6) is 0 Å². The third-order valence-electron chi connectivity index (χ3n) is 2.12. The van der Waals surface area contributed by atoms with Crippen molar-refractivity contribution in [1.82, 2.24) is 9.97 Å². The quantitative estimate of drug-likeness (QED) is 0.685. The molecule has 100 valence electrons. The van der Waals surface area contributed by atoms with Gasteiger partial charge in [-0.05, 0) is 23.7 Å². The van der Waals surface area contributed by atoms with Gasteiger partial charge in [0.25, 0.3) is 9.05 Å². The molecule has 0 spiro atoms. The molecule has 19 heavy (non-hydrogen) atoms. The molecule has 0 aliphatic carbocycles. The van der Waals surface area contributed by atoms with Crippen molar-refractivity contribution in [2.45, 2.75) is 4.90 Å². The SMILES string of the molecule is O=S(=O)(Cl)c1ccccc1Nc1nc(Cl)ncc1Cl. The lowest BCUT2D eigenvalue weighted by Crippen LogP contribution is -2.01. The molecule has 0 atom stereocenters. The average Bonchev–Trinajstić information content (AvgIpc) is 2.33. The van der Waals surface area contributed by atoms with Crippen molar-refractivity contribution >= 4 is 54.4 Å². The Morgan fingerprint density at radius 2 is 1.84 bits per heavy atom. The number of halogens is 3. The zero-order valence-corrected chi connectivity index (χ0v) is 12.2. The van der Waals surface area contributed by atoms with Crippen LogP contribution in [0.2, 0.25) is 10.3 Å². The summed E-state index contributed by atoms with van der Waals surface area (Å²) in [6.45, 7) is 0. The average molecular weight is 339 g/mol. The van der Waals surface area contributed by atoms with Crippen LogP contribution in [-0.2, 0) is 9.05 Å². The summed E-state index contributed by atoms with van der Waals surface area (Å²) in [4.78, 5) is 7.47. The maximum atomic E-state index is 11.4. The van der Waals surface area contributed by atoms with Crippen LogP contribution >= 0.6 is 33.9 Å². The number of anilines is 2. The van der Waals surface area contributed by atoms with E-state index in [0.29, 0.717) is 0 Å². The molecule has 0 radical (unpaired) electrons. The molecule has 1 aromatic heterocycles. The number of rotatable bonds is 3. The number of benzene rings is 1. The molecule has 0 bridgehead atoms. The van der Waals surface area contributed by atoms with E-state index in [9.17, 15) is 8.42 Å². The second kappa shape index (κ2) is 5.50. The fraction of sp³-hybridized carbons (Fsp3) is 0. The van der Waals surface area contributed by atoms with E-state index in [4.69, 9.17) is 33.9 Å². The monoisotopic (exact) mass is 337 g/mol. The minimum atomic E-state index is -3.89. The summed E-state index contributed by atoms with van der Waals surface area (Å²) in [5, 5.41) is 2.94. The Bertz CT molecular complexity index is 722. The number of hydrogen-bond acceptors (Lipinski definition) is 5. The first-order valence-corrected chi connectivity index (χ1v) is 7.93. The second-order valence-electron chi connectivity index (χ2n) is 3.39. The van der Waals surface area contributed by atoms with Crippen LogP contribution in [0.15, 0.2) is 35.4 Å². The number of nitrogens with zero attached hydrogens (tertiary/aromatic N) is 2. The van der Waals surface area contributed by atoms with Gasteiger partial charge in [-0.2, -0.15) is 4.98 Å². The first kappa shape index (κ1) is 14.3. The van der Waals surface area contributed by atoms with Crippen LogP contribution < -0.4 is 5.32 Å². The van der Waals surface area contributed by atoms with Gasteiger partial charge < -0.3 is 5.32 Å². The van der Waals surface area contributed by atoms with E-state index in [-0.39, 0.29) is 26.7 Å². The summed E-state index contributed by atoms with van der Waals surface area (Å²) in [5.74, 6) is 0.189. The molecule has 5 nitrogen and oxygen atoms in total. The second-order valence-corrected chi connectivity index (χ2v) is 6.67. The van der Waals surface area contributed by atoms with Gasteiger partial charge in [-0.25, -0.2) is 13.4 Å². The van der Waals surface area contributed by atoms with E-state index in [1.54, 1.807) is 12.1 Å². The van der Waals surface area contributed by atoms with E-state index < -0.39 is 9.05 Å². The summed E-state index contributed by atoms with van der Waals surface area (Å²) < 4.78 is 22.9. The highest BCUT2D eigenvalue weighted by Crippen LogP contribution is 2.29. The number of hydrogen-bond donors (Lipinski definition) is 1. The van der Waals surface area contributed by atoms with Crippen molar-refractivity contribution in [3.05, 3.63) is 40.8 Å². The molecule has 0 aliphatic heterocycles. The van der Waals surface area contributed by atoms with Gasteiger partial charge in [0.2, 0.25) is 5.28 Å². The minimum absolute atomic E-state index is 0.0156. The molecular formula is C10H6Cl3N3O2S. The van der Waals surface area contributed by atoms with Crippen molar-refractivity contribution in [3.8, 4) is 0 Å². The molecule has 9 heteroatoms. The van der Waals surface area contributed by atoms with Crippen LogP contribution in [0.4, 0.5) is 11.5 Å². The van der Waals surface area contributed by atoms with E-state index in [0.717, 1.165) is 0 Å². The molecule has 0 aliphatic rings. The zero-order valence-electron chi connectivity index (χ0n) is 9.14. The summed E-state index contributed by atoms with van der Waals surface area (Å²) in [7, 11) is 1.46. The Morgan fingerprint density at radius 3 is 2.53 bits per heavy atom. The lowest BCUT2D eigenvalue weighted by molar-refractivity contribution is 0.610. The van der Waals surface area contributed by atoms with E-state index >= 15 is 0 Å². The maximum Gasteiger partial charge on any atom is 0.263 e. The van der Waals surface area contributed by atoms with E-state index in [1.165, 1.54) is 18.3 Å². The Hall–Kier alpha value is -1.08. The molecule has 0 saturated heterocycles. The van der Waals surface area contributed by atoms with Gasteiger partial charge in [0.1, 0.15) is 9.92 Å². The highest BCUT2D eigenvalue weighted by molar-refractivity contribution is 8.13. The lowest BCUT2D eigenvalue weighted by atomic mass is 10.3. The Labute approximate surface area is 124 Å². The highest BCUT2D eigenvalue weighted by atomic mass is 35.7. The topological polar surface area (TPSA) is 72.0 Å². The van der Waals surface area contributed by atoms with Crippen LogP contribution in [-0.4, -0.2) is 18.4 Å². The Kier molecular flexibility index (Phi) is 4.15. The molecule has 2 rings (SSSR count). The van der Waals surface area contributed by atoms with Gasteiger partial charge in [-0.3, -0.25) is 0 Å². The fourth-order valence-electron chi connectivity index (χ4n) is 1.34. The third kappa shape index (κ3) is 3.48. The third-order valence-corrected chi connectivity index (χ3v) is 3.96. The predicted octanol–water partition coefficient (Wildman–Crippen LogP) is 3.45. The van der Waals surface area contributed by atoms with Gasteiger partial charge in [0.05, 0.1) is 11.9 Å². The lowest BCUT2D eigenvalue weighted by Gasteiger charge is -2.10. The van der Waals surface area contributed by atoms with Crippen molar-refractivity contribution in [3.63, 3.8) is 0 Å². The van der Waals surface area contributed by atoms with Crippen LogP contribution in [0, 0.1) is 0 Å². The van der Waals surface area contributed by atoms with Crippen LogP contribution in [0.1, 0.15) is 0 Å². The van der Waals surface area contributed by atoms with Gasteiger partial charge in [-0.1, -0.05) is 23.7 Å². The van der Waals surface area contributed by atoms with Crippen molar-refractivity contribution in [2.75, 3.05) is 5.32 Å². The molecular weight excluding hydrogens is 333 g/mol. The zero-order chi connectivity index (χ0) is 14.0. The van der Waals surface area contributed by atoms with Crippen molar-refractivity contribution in [1.29, 1.82) is 0 Å². The fourth-order valence-corrected chi connectivity index (χ4v) is 2.64. The first-order valence-electron chi connectivity index (χ1n) is 4.86. The van der Waals surface area contributed by atoms with Gasteiger partial charge in [0, 0.05) is 10.7 Å². The molecule has 0 amide bonds. The van der Waals surface area contributed by atoms with Gasteiger partial charge in [0.15, 0.2) is 5.82 Å². The number of nitrogens with one attached hydrogen (secondary N) is 1. The standard InChI is InChI=1S/C10H6Cl3N3O2S/c11-6-5-14-10(12)16-9(6)15-7-3-1-2-4-8(7)19(13,17)18/h1-5H,(H,14,15,16). The van der Waals surface area contributed by atoms with E-state index in [2.05, 4.69) is 15.3 Å². The summed E-state index contributed by atoms with van der Waals surface area (Å²) >= 11 is 11.5. The molecule has 2 aromatic rings. The first-order chi connectivity index (χ1) is 8.88. The molecule has 1 N–H and O–H groups in total. The van der Waals surface area contributed by atoms with Crippen LogP contribution in [0.25, 0.3) is 0 Å². The number of aromatic nitrogens is 2. The highest BCUT2D eigenvalue weighted by Gasteiger charge is 2.16. The molecule has 1 heterocycles. The summed E-state index contributed by atoms with van der Waals surface area (Å²) in [6.07, 6.45) is 1.30. The number of para-hydroxylation sites is 1. The molecule has 1 aromatic carbocycles. The van der Waals surface area contributed by atoms with E-state index in [1.807, 2.05) is 0 Å². The molecule has 0 unspecified atom stereocenters. The summed E-state index contributed by atoms with van der Waals surface area (Å²) in [6, 6.07) is 6.09. The smallest absolute Gasteiger partial charge is 0.263 e. The summed E-state index contributed by atoms with van der Waals surface area (Å²) in [5.41, 5.74) is 0.245. The van der Waals surface area contributed by atoms with Gasteiger partial charge >= 0.3 is 0 Å². The maximum absolute atomic E-state index is 11.4. The normalized spacial score (nSPS) is 11.3. The Balaban J connectivity index is 2.47. The predicted molar refractivity (Wildman–Crippen MR) is 74.8 cm³/mol. The molecule has 0 fully saturated rings. The van der Waals surface area contributed by atoms with Gasteiger partial charge in [-0.15, -0.1) is 0 Å². The van der Waals surface area contributed by atoms with Crippen molar-refractivity contribution < 1.29 is 8.42 Å². The largest absolute Gasteiger partial charge is 0.338 e.